The maximum atomic E-state index is 11.4. The molecule has 0 aromatic rings. The summed E-state index contributed by atoms with van der Waals surface area (Å²) in [7, 11) is 0. The highest BCUT2D eigenvalue weighted by Crippen LogP contribution is 2.50. The predicted octanol–water partition coefficient (Wildman–Crippen LogP) is 1.21. The van der Waals surface area contributed by atoms with Crippen LogP contribution in [0, 0.1) is 10.8 Å². The first-order valence-electron chi connectivity index (χ1n) is 4.14. The number of hydrogen-bond donors (Lipinski definition) is 0. The second-order valence-electron chi connectivity index (χ2n) is 3.80. The summed E-state index contributed by atoms with van der Waals surface area (Å²) in [5, 5.41) is 0. The number of esters is 2. The fourth-order valence-electron chi connectivity index (χ4n) is 1.70. The first-order valence-corrected chi connectivity index (χ1v) is 4.14. The molecule has 1 saturated heterocycles. The third-order valence-electron chi connectivity index (χ3n) is 3.08. The van der Waals surface area contributed by atoms with E-state index in [-0.39, 0.29) is 0 Å². The Kier molecular flexibility index (Phi) is 1.33. The van der Waals surface area contributed by atoms with Crippen molar-refractivity contribution < 1.29 is 14.3 Å². The highest BCUT2D eigenvalue weighted by Gasteiger charge is 2.61. The van der Waals surface area contributed by atoms with Crippen LogP contribution in [0.1, 0.15) is 13.8 Å². The molecule has 1 fully saturated rings. The first-order chi connectivity index (χ1) is 6.01. The number of hydrogen-bond acceptors (Lipinski definition) is 3. The SMILES string of the molecule is C[C@@]12C=CC=C[C@]1(C)C(=O)OC2=O. The number of allylic oxidation sites excluding steroid dienone is 2. The van der Waals surface area contributed by atoms with Crippen LogP contribution in [0.5, 0.6) is 0 Å². The van der Waals surface area contributed by atoms with Gasteiger partial charge in [0.15, 0.2) is 0 Å². The Morgan fingerprint density at radius 3 is 1.77 bits per heavy atom. The summed E-state index contributed by atoms with van der Waals surface area (Å²) < 4.78 is 4.63. The molecule has 68 valence electrons. The minimum Gasteiger partial charge on any atom is -0.392 e. The van der Waals surface area contributed by atoms with Crippen molar-refractivity contribution in [1.29, 1.82) is 0 Å². The van der Waals surface area contributed by atoms with Crippen molar-refractivity contribution in [2.24, 2.45) is 10.8 Å². The molecule has 0 radical (unpaired) electrons. The van der Waals surface area contributed by atoms with Crippen LogP contribution in [-0.4, -0.2) is 11.9 Å². The smallest absolute Gasteiger partial charge is 0.324 e. The molecule has 0 aromatic carbocycles. The van der Waals surface area contributed by atoms with Crippen molar-refractivity contribution in [3.8, 4) is 0 Å². The third kappa shape index (κ3) is 0.742. The van der Waals surface area contributed by atoms with Crippen LogP contribution in [0.25, 0.3) is 0 Å². The molecule has 2 atom stereocenters. The fraction of sp³-hybridized carbons (Fsp3) is 0.400. The maximum Gasteiger partial charge on any atom is 0.324 e. The van der Waals surface area contributed by atoms with Crippen molar-refractivity contribution in [3.05, 3.63) is 24.3 Å². The highest BCUT2D eigenvalue weighted by molar-refractivity contribution is 6.04. The molecule has 0 aromatic heterocycles. The van der Waals surface area contributed by atoms with E-state index < -0.39 is 22.8 Å². The Labute approximate surface area is 76.1 Å². The van der Waals surface area contributed by atoms with Gasteiger partial charge in [-0.1, -0.05) is 24.3 Å². The molecule has 3 nitrogen and oxygen atoms in total. The number of ether oxygens (including phenoxy) is 1. The Hall–Kier alpha value is -1.38. The van der Waals surface area contributed by atoms with Crippen LogP contribution in [0.15, 0.2) is 24.3 Å². The summed E-state index contributed by atoms with van der Waals surface area (Å²) in [4.78, 5) is 22.8. The Balaban J connectivity index is 2.62. The first kappa shape index (κ1) is 8.23. The second-order valence-corrected chi connectivity index (χ2v) is 3.80. The molecule has 1 heterocycles. The van der Waals surface area contributed by atoms with E-state index >= 15 is 0 Å². The molecule has 0 spiro atoms. The third-order valence-corrected chi connectivity index (χ3v) is 3.08. The van der Waals surface area contributed by atoms with E-state index in [1.807, 2.05) is 0 Å². The molecular weight excluding hydrogens is 168 g/mol. The Morgan fingerprint density at radius 1 is 1.00 bits per heavy atom. The number of carbonyl (C=O) groups is 2. The monoisotopic (exact) mass is 178 g/mol. The standard InChI is InChI=1S/C10H10O3/c1-9-5-3-4-6-10(9,2)8(12)13-7(9)11/h3-6H,1-2H3/t9-,10+. The molecule has 0 unspecified atom stereocenters. The van der Waals surface area contributed by atoms with Gasteiger partial charge in [0.25, 0.3) is 0 Å². The lowest BCUT2D eigenvalue weighted by Crippen LogP contribution is -2.38. The summed E-state index contributed by atoms with van der Waals surface area (Å²) in [6.07, 6.45) is 6.98. The van der Waals surface area contributed by atoms with Gasteiger partial charge >= 0.3 is 11.9 Å². The lowest BCUT2D eigenvalue weighted by atomic mass is 9.65. The van der Waals surface area contributed by atoms with Crippen molar-refractivity contribution in [2.75, 3.05) is 0 Å². The van der Waals surface area contributed by atoms with E-state index in [2.05, 4.69) is 4.74 Å². The zero-order valence-corrected chi connectivity index (χ0v) is 7.53. The number of carbonyl (C=O) groups excluding carboxylic acids is 2. The van der Waals surface area contributed by atoms with Gasteiger partial charge in [0.2, 0.25) is 0 Å². The van der Waals surface area contributed by atoms with Gasteiger partial charge < -0.3 is 4.74 Å². The van der Waals surface area contributed by atoms with Crippen LogP contribution in [0.3, 0.4) is 0 Å². The van der Waals surface area contributed by atoms with Crippen molar-refractivity contribution in [3.63, 3.8) is 0 Å². The van der Waals surface area contributed by atoms with E-state index in [1.165, 1.54) is 0 Å². The quantitative estimate of drug-likeness (QED) is 0.413. The molecule has 2 rings (SSSR count). The average Bonchev–Trinajstić information content (AvgIpc) is 2.25. The molecule has 1 aliphatic heterocycles. The number of fused-ring (bicyclic) bond motifs is 1. The molecular formula is C10H10O3. The van der Waals surface area contributed by atoms with Gasteiger partial charge in [-0.25, -0.2) is 0 Å². The van der Waals surface area contributed by atoms with Crippen LogP contribution < -0.4 is 0 Å². The zero-order chi connectivity index (χ0) is 9.69. The van der Waals surface area contributed by atoms with Gasteiger partial charge in [-0.3, -0.25) is 9.59 Å². The maximum absolute atomic E-state index is 11.4. The van der Waals surface area contributed by atoms with Crippen molar-refractivity contribution in [1.82, 2.24) is 0 Å². The summed E-state index contributed by atoms with van der Waals surface area (Å²) in [5.74, 6) is -0.916. The zero-order valence-electron chi connectivity index (χ0n) is 7.53. The number of cyclic esters (lactones) is 2. The molecule has 2 aliphatic rings. The minimum atomic E-state index is -0.821. The normalized spacial score (nSPS) is 42.0. The fourth-order valence-corrected chi connectivity index (χ4v) is 1.70. The van der Waals surface area contributed by atoms with Gasteiger partial charge in [-0.05, 0) is 13.8 Å². The van der Waals surface area contributed by atoms with Gasteiger partial charge in [-0.2, -0.15) is 0 Å². The summed E-state index contributed by atoms with van der Waals surface area (Å²) in [6.45, 7) is 3.44. The predicted molar refractivity (Wildman–Crippen MR) is 45.6 cm³/mol. The van der Waals surface area contributed by atoms with Crippen LogP contribution in [0.4, 0.5) is 0 Å². The molecule has 0 amide bonds. The minimum absolute atomic E-state index is 0.458. The number of rotatable bonds is 0. The Morgan fingerprint density at radius 2 is 1.38 bits per heavy atom. The highest BCUT2D eigenvalue weighted by atomic mass is 16.6. The van der Waals surface area contributed by atoms with Crippen molar-refractivity contribution in [2.45, 2.75) is 13.8 Å². The largest absolute Gasteiger partial charge is 0.392 e. The topological polar surface area (TPSA) is 43.4 Å². The molecule has 1 aliphatic carbocycles. The van der Waals surface area contributed by atoms with E-state index in [9.17, 15) is 9.59 Å². The average molecular weight is 178 g/mol. The van der Waals surface area contributed by atoms with Gasteiger partial charge in [0, 0.05) is 0 Å². The molecule has 0 saturated carbocycles. The van der Waals surface area contributed by atoms with Gasteiger partial charge in [-0.15, -0.1) is 0 Å². The lowest BCUT2D eigenvalue weighted by Gasteiger charge is -2.30. The van der Waals surface area contributed by atoms with Gasteiger partial charge in [0.1, 0.15) is 10.8 Å². The second kappa shape index (κ2) is 2.10. The lowest BCUT2D eigenvalue weighted by molar-refractivity contribution is -0.154. The summed E-state index contributed by atoms with van der Waals surface area (Å²) in [6, 6.07) is 0. The van der Waals surface area contributed by atoms with Crippen LogP contribution >= 0.6 is 0 Å². The summed E-state index contributed by atoms with van der Waals surface area (Å²) in [5.41, 5.74) is -1.64. The van der Waals surface area contributed by atoms with Crippen LogP contribution in [0.2, 0.25) is 0 Å². The molecule has 0 bridgehead atoms. The molecule has 0 N–H and O–H groups in total. The van der Waals surface area contributed by atoms with Crippen LogP contribution in [-0.2, 0) is 14.3 Å². The van der Waals surface area contributed by atoms with Gasteiger partial charge in [0.05, 0.1) is 0 Å². The van der Waals surface area contributed by atoms with E-state index in [0.717, 1.165) is 0 Å². The molecule has 3 heteroatoms. The van der Waals surface area contributed by atoms with E-state index in [1.54, 1.807) is 38.2 Å². The molecule has 13 heavy (non-hydrogen) atoms. The summed E-state index contributed by atoms with van der Waals surface area (Å²) >= 11 is 0. The van der Waals surface area contributed by atoms with E-state index in [0.29, 0.717) is 0 Å². The van der Waals surface area contributed by atoms with E-state index in [4.69, 9.17) is 0 Å². The van der Waals surface area contributed by atoms with Crippen molar-refractivity contribution >= 4 is 11.9 Å². The Bertz CT molecular complexity index is 319.